The topological polar surface area (TPSA) is 88.6 Å². The number of rotatable bonds is 9. The largest absolute Gasteiger partial charge is 0.395 e. The van der Waals surface area contributed by atoms with Crippen molar-refractivity contribution in [3.8, 4) is 0 Å². The minimum Gasteiger partial charge on any atom is -0.395 e. The van der Waals surface area contributed by atoms with Crippen molar-refractivity contribution in [2.45, 2.75) is 31.3 Å². The normalized spacial score (nSPS) is 12.0. The van der Waals surface area contributed by atoms with Gasteiger partial charge in [-0.2, -0.15) is 4.31 Å². The van der Waals surface area contributed by atoms with E-state index in [0.717, 1.165) is 18.7 Å². The fourth-order valence-electron chi connectivity index (χ4n) is 2.00. The van der Waals surface area contributed by atoms with Gasteiger partial charge in [-0.05, 0) is 12.5 Å². The predicted molar refractivity (Wildman–Crippen MR) is 78.7 cm³/mol. The Morgan fingerprint density at radius 1 is 1.55 bits per heavy atom. The molecule has 20 heavy (non-hydrogen) atoms. The average Bonchev–Trinajstić information content (AvgIpc) is 2.83. The van der Waals surface area contributed by atoms with Crippen molar-refractivity contribution in [2.24, 2.45) is 5.73 Å². The van der Waals surface area contributed by atoms with Crippen LogP contribution in [0.4, 0.5) is 0 Å². The van der Waals surface area contributed by atoms with Gasteiger partial charge in [-0.1, -0.05) is 13.0 Å². The zero-order chi connectivity index (χ0) is 15.2. The fraction of sp³-hybridized carbons (Fsp3) is 0.538. The Labute approximate surface area is 120 Å². The molecule has 0 amide bonds. The number of aryl methyl sites for hydroxylation is 1. The van der Waals surface area contributed by atoms with E-state index in [-0.39, 0.29) is 31.1 Å². The molecule has 7 heteroatoms. The maximum Gasteiger partial charge on any atom is 0.244 e. The summed E-state index contributed by atoms with van der Waals surface area (Å²) in [6.45, 7) is 6.56. The maximum atomic E-state index is 12.5. The second-order valence-corrected chi connectivity index (χ2v) is 6.38. The van der Waals surface area contributed by atoms with Crippen LogP contribution < -0.4 is 5.73 Å². The SMILES string of the molecule is C=CCN(CCO)S(=O)(=O)c1cc(CN)n(CCC)c1. The fourth-order valence-corrected chi connectivity index (χ4v) is 3.47. The zero-order valence-corrected chi connectivity index (χ0v) is 12.6. The van der Waals surface area contributed by atoms with Gasteiger partial charge in [0.05, 0.1) is 6.61 Å². The Morgan fingerprint density at radius 2 is 2.25 bits per heavy atom. The molecule has 0 aliphatic carbocycles. The van der Waals surface area contributed by atoms with Gasteiger partial charge < -0.3 is 15.4 Å². The van der Waals surface area contributed by atoms with Gasteiger partial charge in [0.15, 0.2) is 0 Å². The van der Waals surface area contributed by atoms with Crippen LogP contribution in [0.1, 0.15) is 19.0 Å². The van der Waals surface area contributed by atoms with E-state index in [1.54, 1.807) is 12.3 Å². The lowest BCUT2D eigenvalue weighted by Crippen LogP contribution is -2.33. The van der Waals surface area contributed by atoms with Gasteiger partial charge >= 0.3 is 0 Å². The first-order chi connectivity index (χ1) is 9.51. The molecule has 0 radical (unpaired) electrons. The lowest BCUT2D eigenvalue weighted by atomic mass is 10.4. The first-order valence-electron chi connectivity index (χ1n) is 6.62. The smallest absolute Gasteiger partial charge is 0.244 e. The van der Waals surface area contributed by atoms with E-state index in [0.29, 0.717) is 0 Å². The molecule has 0 spiro atoms. The molecule has 1 rings (SSSR count). The highest BCUT2D eigenvalue weighted by molar-refractivity contribution is 7.89. The van der Waals surface area contributed by atoms with Crippen LogP contribution in [0.5, 0.6) is 0 Å². The summed E-state index contributed by atoms with van der Waals surface area (Å²) >= 11 is 0. The molecule has 0 saturated heterocycles. The van der Waals surface area contributed by atoms with E-state index in [2.05, 4.69) is 6.58 Å². The molecule has 0 fully saturated rings. The van der Waals surface area contributed by atoms with E-state index in [1.807, 2.05) is 11.5 Å². The highest BCUT2D eigenvalue weighted by atomic mass is 32.2. The van der Waals surface area contributed by atoms with Crippen LogP contribution >= 0.6 is 0 Å². The van der Waals surface area contributed by atoms with Crippen LogP contribution in [0, 0.1) is 0 Å². The van der Waals surface area contributed by atoms with Crippen molar-refractivity contribution < 1.29 is 13.5 Å². The molecule has 114 valence electrons. The third kappa shape index (κ3) is 3.69. The molecule has 1 aromatic rings. The summed E-state index contributed by atoms with van der Waals surface area (Å²) in [7, 11) is -3.63. The van der Waals surface area contributed by atoms with E-state index >= 15 is 0 Å². The number of hydrogen-bond donors (Lipinski definition) is 2. The summed E-state index contributed by atoms with van der Waals surface area (Å²) in [6, 6.07) is 1.60. The summed E-state index contributed by atoms with van der Waals surface area (Å²) < 4.78 is 28.1. The predicted octanol–water partition coefficient (Wildman–Crippen LogP) is 0.526. The molecule has 1 heterocycles. The Kier molecular flexibility index (Phi) is 6.41. The Morgan fingerprint density at radius 3 is 2.75 bits per heavy atom. The van der Waals surface area contributed by atoms with Crippen molar-refractivity contribution in [3.05, 3.63) is 30.6 Å². The quantitative estimate of drug-likeness (QED) is 0.651. The van der Waals surface area contributed by atoms with Gasteiger partial charge in [0.25, 0.3) is 0 Å². The highest BCUT2D eigenvalue weighted by Gasteiger charge is 2.25. The van der Waals surface area contributed by atoms with Gasteiger partial charge in [-0.15, -0.1) is 6.58 Å². The monoisotopic (exact) mass is 301 g/mol. The number of nitrogens with zero attached hydrogens (tertiary/aromatic N) is 2. The molecule has 0 atom stereocenters. The van der Waals surface area contributed by atoms with Crippen LogP contribution in [0.3, 0.4) is 0 Å². The first kappa shape index (κ1) is 16.9. The first-order valence-corrected chi connectivity index (χ1v) is 8.06. The summed E-state index contributed by atoms with van der Waals surface area (Å²) in [5, 5.41) is 9.00. The van der Waals surface area contributed by atoms with Gasteiger partial charge in [0, 0.05) is 38.1 Å². The van der Waals surface area contributed by atoms with Crippen molar-refractivity contribution in [1.29, 1.82) is 0 Å². The third-order valence-electron chi connectivity index (χ3n) is 2.95. The van der Waals surface area contributed by atoms with Gasteiger partial charge in [-0.3, -0.25) is 0 Å². The Bertz CT molecular complexity index is 537. The van der Waals surface area contributed by atoms with Crippen molar-refractivity contribution >= 4 is 10.0 Å². The maximum absolute atomic E-state index is 12.5. The minimum atomic E-state index is -3.63. The van der Waals surface area contributed by atoms with E-state index < -0.39 is 10.0 Å². The molecule has 0 bridgehead atoms. The Balaban J connectivity index is 3.15. The van der Waals surface area contributed by atoms with Crippen LogP contribution in [0.25, 0.3) is 0 Å². The Hall–Kier alpha value is -1.15. The molecule has 0 aliphatic rings. The van der Waals surface area contributed by atoms with Crippen molar-refractivity contribution in [1.82, 2.24) is 8.87 Å². The second kappa shape index (κ2) is 7.58. The van der Waals surface area contributed by atoms with Crippen LogP contribution in [0.15, 0.2) is 29.8 Å². The molecule has 6 nitrogen and oxygen atoms in total. The van der Waals surface area contributed by atoms with Gasteiger partial charge in [0.1, 0.15) is 4.90 Å². The molecule has 3 N–H and O–H groups in total. The summed E-state index contributed by atoms with van der Waals surface area (Å²) in [4.78, 5) is 0.210. The number of aliphatic hydroxyl groups is 1. The van der Waals surface area contributed by atoms with E-state index in [4.69, 9.17) is 10.8 Å². The molecule has 1 aromatic heterocycles. The lowest BCUT2D eigenvalue weighted by Gasteiger charge is -2.18. The van der Waals surface area contributed by atoms with Gasteiger partial charge in [-0.25, -0.2) is 8.42 Å². The van der Waals surface area contributed by atoms with Crippen LogP contribution in [-0.4, -0.2) is 42.1 Å². The summed E-state index contributed by atoms with van der Waals surface area (Å²) in [6.07, 6.45) is 4.00. The molecular weight excluding hydrogens is 278 g/mol. The van der Waals surface area contributed by atoms with Crippen LogP contribution in [0.2, 0.25) is 0 Å². The molecular formula is C13H23N3O3S. The zero-order valence-electron chi connectivity index (χ0n) is 11.8. The van der Waals surface area contributed by atoms with E-state index in [9.17, 15) is 8.42 Å². The second-order valence-electron chi connectivity index (χ2n) is 4.44. The number of aromatic nitrogens is 1. The number of aliphatic hydroxyl groups excluding tert-OH is 1. The van der Waals surface area contributed by atoms with Gasteiger partial charge in [0.2, 0.25) is 10.0 Å². The minimum absolute atomic E-state index is 0.0469. The molecule has 0 saturated carbocycles. The number of sulfonamides is 1. The van der Waals surface area contributed by atoms with E-state index in [1.165, 1.54) is 10.4 Å². The molecule has 0 aliphatic heterocycles. The van der Waals surface area contributed by atoms with Crippen molar-refractivity contribution in [2.75, 3.05) is 19.7 Å². The number of hydrogen-bond acceptors (Lipinski definition) is 4. The molecule has 0 aromatic carbocycles. The number of nitrogens with two attached hydrogens (primary N) is 1. The lowest BCUT2D eigenvalue weighted by molar-refractivity contribution is 0.260. The molecule has 0 unspecified atom stereocenters. The highest BCUT2D eigenvalue weighted by Crippen LogP contribution is 2.19. The summed E-state index contributed by atoms with van der Waals surface area (Å²) in [5.41, 5.74) is 6.43. The van der Waals surface area contributed by atoms with Crippen LogP contribution in [-0.2, 0) is 23.1 Å². The summed E-state index contributed by atoms with van der Waals surface area (Å²) in [5.74, 6) is 0. The average molecular weight is 301 g/mol. The third-order valence-corrected chi connectivity index (χ3v) is 4.78. The standard InChI is InChI=1S/C13H23N3O3S/c1-3-5-15-11-13(9-12(15)10-14)20(18,19)16(6-4-2)7-8-17/h4,9,11,17H,2-3,5-8,10,14H2,1H3. The van der Waals surface area contributed by atoms with Crippen molar-refractivity contribution in [3.63, 3.8) is 0 Å².